The van der Waals surface area contributed by atoms with E-state index in [0.29, 0.717) is 11.2 Å². The van der Waals surface area contributed by atoms with Crippen LogP contribution in [-0.4, -0.2) is 15.9 Å². The molecular weight excluding hydrogens is 381 g/mol. The summed E-state index contributed by atoms with van der Waals surface area (Å²) in [7, 11) is 0. The maximum absolute atomic E-state index is 13.8. The molecule has 0 unspecified atom stereocenters. The van der Waals surface area contributed by atoms with E-state index in [9.17, 15) is 18.0 Å². The van der Waals surface area contributed by atoms with Gasteiger partial charge in [-0.05, 0) is 36.4 Å². The fraction of sp³-hybridized carbons (Fsp3) is 0. The zero-order valence-electron chi connectivity index (χ0n) is 14.8. The number of nitrogens with zero attached hydrogens (tertiary/aromatic N) is 2. The monoisotopic (exact) mass is 394 g/mol. The number of carbonyl (C=O) groups is 1. The number of amides is 1. The van der Waals surface area contributed by atoms with Crippen molar-refractivity contribution in [2.75, 3.05) is 10.6 Å². The highest BCUT2D eigenvalue weighted by atomic mass is 19.2. The van der Waals surface area contributed by atoms with Crippen molar-refractivity contribution in [2.45, 2.75) is 0 Å². The lowest BCUT2D eigenvalue weighted by Gasteiger charge is -2.10. The number of pyridine rings is 2. The first-order chi connectivity index (χ1) is 14.0. The van der Waals surface area contributed by atoms with Gasteiger partial charge in [-0.1, -0.05) is 18.2 Å². The first-order valence-electron chi connectivity index (χ1n) is 8.54. The second-order valence-corrected chi connectivity index (χ2v) is 6.11. The van der Waals surface area contributed by atoms with Crippen molar-refractivity contribution in [3.05, 3.63) is 90.0 Å². The molecule has 2 N–H and O–H groups in total. The molecule has 0 saturated carbocycles. The van der Waals surface area contributed by atoms with E-state index in [2.05, 4.69) is 20.6 Å². The Hall–Kier alpha value is -3.94. The van der Waals surface area contributed by atoms with Crippen LogP contribution in [0.3, 0.4) is 0 Å². The van der Waals surface area contributed by atoms with Crippen molar-refractivity contribution in [3.63, 3.8) is 0 Å². The maximum atomic E-state index is 13.8. The van der Waals surface area contributed by atoms with Gasteiger partial charge in [0, 0.05) is 17.8 Å². The summed E-state index contributed by atoms with van der Waals surface area (Å²) in [5.41, 5.74) is 1.20. The molecule has 2 aromatic heterocycles. The number of carbonyl (C=O) groups excluding carboxylic acids is 1. The van der Waals surface area contributed by atoms with E-state index in [4.69, 9.17) is 0 Å². The Labute approximate surface area is 163 Å². The first-order valence-corrected chi connectivity index (χ1v) is 8.54. The molecule has 5 nitrogen and oxygen atoms in total. The summed E-state index contributed by atoms with van der Waals surface area (Å²) in [5, 5.41) is 6.21. The molecule has 0 atom stereocenters. The molecule has 2 aromatic carbocycles. The second kappa shape index (κ2) is 7.59. The lowest BCUT2D eigenvalue weighted by Crippen LogP contribution is -2.13. The molecule has 0 radical (unpaired) electrons. The molecular formula is C21H13F3N4O. The number of anilines is 3. The number of benzene rings is 2. The van der Waals surface area contributed by atoms with E-state index in [1.54, 1.807) is 24.4 Å². The topological polar surface area (TPSA) is 66.9 Å². The highest BCUT2D eigenvalue weighted by Crippen LogP contribution is 2.24. The minimum Gasteiger partial charge on any atom is -0.338 e. The van der Waals surface area contributed by atoms with Crippen LogP contribution in [0.15, 0.2) is 67.0 Å². The van der Waals surface area contributed by atoms with Gasteiger partial charge in [-0.2, -0.15) is 0 Å². The van der Waals surface area contributed by atoms with Crippen LogP contribution in [0.5, 0.6) is 0 Å². The van der Waals surface area contributed by atoms with Crippen molar-refractivity contribution >= 4 is 34.0 Å². The maximum Gasteiger partial charge on any atom is 0.257 e. The zero-order chi connectivity index (χ0) is 20.4. The van der Waals surface area contributed by atoms with E-state index < -0.39 is 23.4 Å². The molecule has 144 valence electrons. The third kappa shape index (κ3) is 3.73. The molecule has 0 aliphatic heterocycles. The molecule has 0 spiro atoms. The van der Waals surface area contributed by atoms with Crippen LogP contribution >= 0.6 is 0 Å². The van der Waals surface area contributed by atoms with Gasteiger partial charge in [-0.3, -0.25) is 9.78 Å². The molecule has 1 amide bonds. The van der Waals surface area contributed by atoms with Gasteiger partial charge in [0.05, 0.1) is 22.5 Å². The van der Waals surface area contributed by atoms with E-state index in [0.717, 1.165) is 17.5 Å². The summed E-state index contributed by atoms with van der Waals surface area (Å²) < 4.78 is 40.1. The van der Waals surface area contributed by atoms with Crippen LogP contribution in [0.1, 0.15) is 10.4 Å². The smallest absolute Gasteiger partial charge is 0.257 e. The van der Waals surface area contributed by atoms with Gasteiger partial charge >= 0.3 is 0 Å². The van der Waals surface area contributed by atoms with Crippen LogP contribution in [-0.2, 0) is 0 Å². The Morgan fingerprint density at radius 1 is 0.828 bits per heavy atom. The number of rotatable bonds is 4. The Balaban J connectivity index is 1.52. The van der Waals surface area contributed by atoms with Gasteiger partial charge < -0.3 is 10.6 Å². The highest BCUT2D eigenvalue weighted by Gasteiger charge is 2.14. The predicted molar refractivity (Wildman–Crippen MR) is 104 cm³/mol. The second-order valence-electron chi connectivity index (χ2n) is 6.11. The van der Waals surface area contributed by atoms with Crippen molar-refractivity contribution in [3.8, 4) is 0 Å². The Morgan fingerprint density at radius 2 is 1.66 bits per heavy atom. The lowest BCUT2D eigenvalue weighted by atomic mass is 10.2. The number of halogens is 3. The lowest BCUT2D eigenvalue weighted by molar-refractivity contribution is 0.102. The molecule has 0 bridgehead atoms. The number of nitrogens with one attached hydrogen (secondary N) is 2. The number of hydrogen-bond donors (Lipinski definition) is 2. The number of fused-ring (bicyclic) bond motifs is 1. The Bertz CT molecular complexity index is 1210. The Morgan fingerprint density at radius 3 is 2.45 bits per heavy atom. The van der Waals surface area contributed by atoms with E-state index in [1.807, 2.05) is 12.1 Å². The third-order valence-corrected chi connectivity index (χ3v) is 4.20. The zero-order valence-corrected chi connectivity index (χ0v) is 14.8. The summed E-state index contributed by atoms with van der Waals surface area (Å²) in [6, 6.07) is 13.9. The van der Waals surface area contributed by atoms with E-state index in [-0.39, 0.29) is 17.1 Å². The van der Waals surface area contributed by atoms with Gasteiger partial charge in [-0.15, -0.1) is 0 Å². The number of hydrogen-bond acceptors (Lipinski definition) is 4. The van der Waals surface area contributed by atoms with Crippen LogP contribution in [0.2, 0.25) is 0 Å². The first kappa shape index (κ1) is 18.4. The van der Waals surface area contributed by atoms with E-state index >= 15 is 0 Å². The fourth-order valence-corrected chi connectivity index (χ4v) is 2.76. The largest absolute Gasteiger partial charge is 0.338 e. The van der Waals surface area contributed by atoms with Gasteiger partial charge in [0.15, 0.2) is 17.5 Å². The average Bonchev–Trinajstić information content (AvgIpc) is 2.75. The minimum atomic E-state index is -1.57. The summed E-state index contributed by atoms with van der Waals surface area (Å²) in [5.74, 6) is -4.44. The normalized spacial score (nSPS) is 10.7. The van der Waals surface area contributed by atoms with Crippen LogP contribution in [0.25, 0.3) is 10.9 Å². The van der Waals surface area contributed by atoms with E-state index in [1.165, 1.54) is 18.3 Å². The molecule has 0 aliphatic rings. The summed E-state index contributed by atoms with van der Waals surface area (Å²) in [6.45, 7) is 0. The van der Waals surface area contributed by atoms with Crippen molar-refractivity contribution < 1.29 is 18.0 Å². The summed E-state index contributed by atoms with van der Waals surface area (Å²) in [6.07, 6.45) is 2.92. The van der Waals surface area contributed by atoms with Gasteiger partial charge in [0.25, 0.3) is 5.91 Å². The number of para-hydroxylation sites is 1. The minimum absolute atomic E-state index is 0.165. The molecule has 0 fully saturated rings. The van der Waals surface area contributed by atoms with Crippen LogP contribution in [0.4, 0.5) is 30.4 Å². The van der Waals surface area contributed by atoms with Gasteiger partial charge in [-0.25, -0.2) is 18.2 Å². The molecule has 8 heteroatoms. The Kier molecular flexibility index (Phi) is 4.82. The molecule has 0 saturated heterocycles. The molecule has 2 heterocycles. The van der Waals surface area contributed by atoms with Crippen molar-refractivity contribution in [1.29, 1.82) is 0 Å². The number of aromatic nitrogens is 2. The molecule has 4 aromatic rings. The quantitative estimate of drug-likeness (QED) is 0.476. The molecule has 29 heavy (non-hydrogen) atoms. The van der Waals surface area contributed by atoms with Crippen LogP contribution < -0.4 is 10.6 Å². The van der Waals surface area contributed by atoms with Crippen molar-refractivity contribution in [1.82, 2.24) is 9.97 Å². The average molecular weight is 394 g/mol. The van der Waals surface area contributed by atoms with Gasteiger partial charge in [0.1, 0.15) is 5.82 Å². The third-order valence-electron chi connectivity index (χ3n) is 4.20. The molecule has 4 rings (SSSR count). The van der Waals surface area contributed by atoms with Crippen LogP contribution in [0, 0.1) is 17.5 Å². The predicted octanol–water partition coefficient (Wildman–Crippen LogP) is 5.04. The highest BCUT2D eigenvalue weighted by molar-refractivity contribution is 6.08. The SMILES string of the molecule is O=C(Nc1cccc2cccnc12)c1ccc(Nc2ccc(F)c(F)c2F)nc1. The van der Waals surface area contributed by atoms with Crippen molar-refractivity contribution in [2.24, 2.45) is 0 Å². The summed E-state index contributed by atoms with van der Waals surface area (Å²) >= 11 is 0. The fourth-order valence-electron chi connectivity index (χ4n) is 2.76. The van der Waals surface area contributed by atoms with Gasteiger partial charge in [0.2, 0.25) is 0 Å². The summed E-state index contributed by atoms with van der Waals surface area (Å²) in [4.78, 5) is 20.8. The standard InChI is InChI=1S/C21H13F3N4O/c22-14-7-8-15(19(24)18(14)23)27-17-9-6-13(11-26-17)21(29)28-16-5-1-3-12-4-2-10-25-20(12)16/h1-11H,(H,26,27)(H,28,29). The molecule has 0 aliphatic carbocycles.